The summed E-state index contributed by atoms with van der Waals surface area (Å²) in [6.07, 6.45) is 5.95. The average Bonchev–Trinajstić information content (AvgIpc) is 3.52. The predicted octanol–water partition coefficient (Wildman–Crippen LogP) is 2.11. The molecule has 6 N–H and O–H groups in total. The summed E-state index contributed by atoms with van der Waals surface area (Å²) < 4.78 is 6.22. The summed E-state index contributed by atoms with van der Waals surface area (Å²) in [5, 5.41) is 6.78. The Kier molecular flexibility index (Phi) is 8.03. The molecule has 3 saturated heterocycles. The van der Waals surface area contributed by atoms with Crippen molar-refractivity contribution < 1.29 is 19.1 Å². The summed E-state index contributed by atoms with van der Waals surface area (Å²) in [7, 11) is 0. The molecule has 2 aromatic heterocycles. The minimum absolute atomic E-state index is 0.0127. The monoisotopic (exact) mass is 643 g/mol. The van der Waals surface area contributed by atoms with Gasteiger partial charge in [0.25, 0.3) is 5.91 Å². The third-order valence-electron chi connectivity index (χ3n) is 9.68. The van der Waals surface area contributed by atoms with Crippen molar-refractivity contribution in [2.75, 3.05) is 36.1 Å². The fourth-order valence-corrected chi connectivity index (χ4v) is 7.97. The van der Waals surface area contributed by atoms with E-state index in [-0.39, 0.29) is 35.8 Å². The molecule has 240 valence electrons. The van der Waals surface area contributed by atoms with Gasteiger partial charge in [-0.25, -0.2) is 15.0 Å². The molecule has 14 heteroatoms. The summed E-state index contributed by atoms with van der Waals surface area (Å²) in [6.45, 7) is 5.44. The van der Waals surface area contributed by atoms with E-state index in [1.54, 1.807) is 23.4 Å². The quantitative estimate of drug-likeness (QED) is 0.276. The third kappa shape index (κ3) is 5.76. The van der Waals surface area contributed by atoms with Gasteiger partial charge in [0.1, 0.15) is 22.7 Å². The van der Waals surface area contributed by atoms with Crippen LogP contribution in [0, 0.1) is 5.41 Å². The number of imide groups is 1. The number of nitrogens with one attached hydrogen (secondary N) is 2. The van der Waals surface area contributed by atoms with Gasteiger partial charge in [0, 0.05) is 60.7 Å². The number of nitrogens with two attached hydrogens (primary N) is 2. The summed E-state index contributed by atoms with van der Waals surface area (Å²) in [5.41, 5.74) is 14.7. The number of pyridine rings is 1. The average molecular weight is 644 g/mol. The Morgan fingerprint density at radius 2 is 1.96 bits per heavy atom. The third-order valence-corrected chi connectivity index (χ3v) is 10.7. The van der Waals surface area contributed by atoms with E-state index in [4.69, 9.17) is 16.2 Å². The normalized spacial score (nSPS) is 24.0. The molecule has 46 heavy (non-hydrogen) atoms. The number of nitrogen functional groups attached to an aromatic ring is 2. The van der Waals surface area contributed by atoms with Crippen LogP contribution in [0.5, 0.6) is 0 Å². The summed E-state index contributed by atoms with van der Waals surface area (Å²) in [6, 6.07) is 9.06. The number of aromatic nitrogens is 3. The maximum atomic E-state index is 13.1. The number of hydrogen-bond acceptors (Lipinski definition) is 12. The first kappa shape index (κ1) is 30.4. The lowest BCUT2D eigenvalue weighted by Crippen LogP contribution is -2.52. The molecule has 4 aliphatic rings. The first-order valence-corrected chi connectivity index (χ1v) is 16.4. The molecule has 0 radical (unpaired) electrons. The van der Waals surface area contributed by atoms with Crippen LogP contribution in [0.2, 0.25) is 0 Å². The van der Waals surface area contributed by atoms with Crippen molar-refractivity contribution >= 4 is 46.9 Å². The van der Waals surface area contributed by atoms with Crippen molar-refractivity contribution in [3.05, 3.63) is 59.4 Å². The molecule has 7 rings (SSSR count). The van der Waals surface area contributed by atoms with Gasteiger partial charge in [-0.2, -0.15) is 0 Å². The minimum atomic E-state index is -0.618. The molecule has 13 nitrogen and oxygen atoms in total. The Bertz CT molecular complexity index is 1700. The Morgan fingerprint density at radius 3 is 2.72 bits per heavy atom. The van der Waals surface area contributed by atoms with Crippen molar-refractivity contribution in [2.24, 2.45) is 5.41 Å². The fourth-order valence-electron chi connectivity index (χ4n) is 7.18. The van der Waals surface area contributed by atoms with Gasteiger partial charge in [-0.05, 0) is 55.5 Å². The van der Waals surface area contributed by atoms with Crippen LogP contribution < -0.4 is 27.0 Å². The molecule has 0 saturated carbocycles. The van der Waals surface area contributed by atoms with Crippen LogP contribution in [-0.4, -0.2) is 75.5 Å². The molecule has 3 atom stereocenters. The summed E-state index contributed by atoms with van der Waals surface area (Å²) >= 11 is 1.41. The van der Waals surface area contributed by atoms with E-state index >= 15 is 0 Å². The minimum Gasteiger partial charge on any atom is -0.384 e. The van der Waals surface area contributed by atoms with E-state index in [0.29, 0.717) is 48.3 Å². The number of benzene rings is 1. The van der Waals surface area contributed by atoms with E-state index < -0.39 is 11.9 Å². The second-order valence-corrected chi connectivity index (χ2v) is 13.6. The molecule has 3 fully saturated rings. The largest absolute Gasteiger partial charge is 0.384 e. The Morgan fingerprint density at radius 1 is 1.13 bits per heavy atom. The second-order valence-electron chi connectivity index (χ2n) is 12.6. The van der Waals surface area contributed by atoms with E-state index in [1.165, 1.54) is 11.8 Å². The molecular weight excluding hydrogens is 606 g/mol. The molecule has 1 aromatic carbocycles. The highest BCUT2D eigenvalue weighted by molar-refractivity contribution is 7.99. The van der Waals surface area contributed by atoms with Gasteiger partial charge in [0.15, 0.2) is 5.82 Å². The molecule has 1 spiro atoms. The topological polar surface area (TPSA) is 182 Å². The van der Waals surface area contributed by atoms with Crippen molar-refractivity contribution in [3.8, 4) is 0 Å². The van der Waals surface area contributed by atoms with Crippen LogP contribution in [-0.2, 0) is 27.4 Å². The lowest BCUT2D eigenvalue weighted by Gasteiger charge is -2.43. The Balaban J connectivity index is 0.974. The number of carbonyl (C=O) groups is 3. The van der Waals surface area contributed by atoms with Crippen LogP contribution in [0.1, 0.15) is 54.1 Å². The first-order chi connectivity index (χ1) is 22.2. The van der Waals surface area contributed by atoms with Gasteiger partial charge in [0.05, 0.1) is 18.9 Å². The molecule has 1 unspecified atom stereocenters. The standard InChI is InChI=1S/C32H37N9O4S/c1-18-27(36-14-19-2-3-22-20(12-19)16-41(31(22)44)23-4-5-26(42)39-29(23)43)32(17-45-18)7-10-40(11-8-32)25-15-37-30(28(34)38-25)46-21-6-9-35-24(33)13-21/h2-3,6,9,12-13,15,18,23,27,36H,4-5,7-8,10-11,14,16-17H2,1H3,(H2,33,35)(H2,34,38)(H,39,42,43)/t18-,23?,27+/m0/s1. The zero-order valence-electron chi connectivity index (χ0n) is 25.6. The first-order valence-electron chi connectivity index (χ1n) is 15.6. The predicted molar refractivity (Wildman–Crippen MR) is 172 cm³/mol. The molecule has 3 amide bonds. The summed E-state index contributed by atoms with van der Waals surface area (Å²) in [5.74, 6) is 0.738. The van der Waals surface area contributed by atoms with Crippen molar-refractivity contribution in [1.29, 1.82) is 0 Å². The van der Waals surface area contributed by atoms with E-state index in [1.807, 2.05) is 18.2 Å². The zero-order valence-corrected chi connectivity index (χ0v) is 26.4. The van der Waals surface area contributed by atoms with Gasteiger partial charge in [0.2, 0.25) is 11.8 Å². The van der Waals surface area contributed by atoms with Gasteiger partial charge in [-0.15, -0.1) is 0 Å². The SMILES string of the molecule is C[C@@H]1OCC2(CCN(c3cnc(Sc4ccnc(N)c4)c(N)n3)CC2)[C@@H]1NCc1ccc2c(c1)CN(C1CCC(=O)NC1=O)C2=O. The maximum Gasteiger partial charge on any atom is 0.255 e. The van der Waals surface area contributed by atoms with Crippen LogP contribution in [0.4, 0.5) is 17.5 Å². The fraction of sp³-hybridized carbons (Fsp3) is 0.438. The Labute approximate surface area is 270 Å². The van der Waals surface area contributed by atoms with E-state index in [2.05, 4.69) is 43.5 Å². The smallest absolute Gasteiger partial charge is 0.255 e. The van der Waals surface area contributed by atoms with Gasteiger partial charge in [-0.3, -0.25) is 19.7 Å². The highest BCUT2D eigenvalue weighted by atomic mass is 32.2. The number of carbonyl (C=O) groups excluding carboxylic acids is 3. The van der Waals surface area contributed by atoms with E-state index in [0.717, 1.165) is 47.8 Å². The number of rotatable bonds is 7. The number of piperidine rings is 2. The number of ether oxygens (including phenoxy) is 1. The molecule has 4 aliphatic heterocycles. The van der Waals surface area contributed by atoms with Gasteiger partial charge >= 0.3 is 0 Å². The van der Waals surface area contributed by atoms with Gasteiger partial charge in [-0.1, -0.05) is 23.9 Å². The van der Waals surface area contributed by atoms with Crippen LogP contribution >= 0.6 is 11.8 Å². The number of fused-ring (bicyclic) bond motifs is 1. The van der Waals surface area contributed by atoms with Crippen molar-refractivity contribution in [1.82, 2.24) is 30.5 Å². The second kappa shape index (κ2) is 12.2. The van der Waals surface area contributed by atoms with Crippen LogP contribution in [0.25, 0.3) is 0 Å². The number of nitrogens with zero attached hydrogens (tertiary/aromatic N) is 5. The summed E-state index contributed by atoms with van der Waals surface area (Å²) in [4.78, 5) is 55.1. The van der Waals surface area contributed by atoms with E-state index in [9.17, 15) is 14.4 Å². The molecule has 0 aliphatic carbocycles. The Hall–Kier alpha value is -4.27. The lowest BCUT2D eigenvalue weighted by atomic mass is 9.73. The zero-order chi connectivity index (χ0) is 32.0. The number of hydrogen-bond donors (Lipinski definition) is 4. The van der Waals surface area contributed by atoms with Crippen molar-refractivity contribution in [3.63, 3.8) is 0 Å². The van der Waals surface area contributed by atoms with Crippen LogP contribution in [0.15, 0.2) is 52.6 Å². The highest BCUT2D eigenvalue weighted by Crippen LogP contribution is 2.43. The lowest BCUT2D eigenvalue weighted by molar-refractivity contribution is -0.136. The molecule has 0 bridgehead atoms. The van der Waals surface area contributed by atoms with Crippen LogP contribution in [0.3, 0.4) is 0 Å². The van der Waals surface area contributed by atoms with Crippen molar-refractivity contribution in [2.45, 2.75) is 73.8 Å². The number of anilines is 3. The van der Waals surface area contributed by atoms with Gasteiger partial charge < -0.3 is 31.3 Å². The molecular formula is C32H37N9O4S. The molecule has 6 heterocycles. The maximum absolute atomic E-state index is 13.1. The highest BCUT2D eigenvalue weighted by Gasteiger charge is 2.49. The molecule has 3 aromatic rings. The number of amides is 3.